The average molecular weight is 466 g/mol. The van der Waals surface area contributed by atoms with Gasteiger partial charge in [0.05, 0.1) is 11.6 Å². The Hall–Kier alpha value is -0.983. The van der Waals surface area contributed by atoms with Crippen molar-refractivity contribution in [1.29, 1.82) is 0 Å². The summed E-state index contributed by atoms with van der Waals surface area (Å²) in [4.78, 5) is 13.1. The highest BCUT2D eigenvalue weighted by Crippen LogP contribution is 2.42. The summed E-state index contributed by atoms with van der Waals surface area (Å²) in [5.74, 6) is 0. The van der Waals surface area contributed by atoms with Gasteiger partial charge in [-0.15, -0.1) is 0 Å². The fourth-order valence-electron chi connectivity index (χ4n) is 4.86. The largest absolute Gasteiger partial charge is 0.416 e. The molecule has 1 heterocycles. The molecule has 154 valence electrons. The van der Waals surface area contributed by atoms with Crippen LogP contribution in [0, 0.1) is 0 Å². The van der Waals surface area contributed by atoms with Crippen molar-refractivity contribution in [3.05, 3.63) is 38.6 Å². The van der Waals surface area contributed by atoms with Crippen LogP contribution in [-0.2, 0) is 10.8 Å². The Bertz CT molecular complexity index is 882. The highest BCUT2D eigenvalue weighted by molar-refractivity contribution is 9.10. The van der Waals surface area contributed by atoms with Crippen molar-refractivity contribution in [2.75, 3.05) is 6.61 Å². The summed E-state index contributed by atoms with van der Waals surface area (Å²) in [6.45, 7) is 14.3. The summed E-state index contributed by atoms with van der Waals surface area (Å²) < 4.78 is 9.71. The molecule has 0 N–H and O–H groups in total. The van der Waals surface area contributed by atoms with Gasteiger partial charge in [-0.2, -0.15) is 5.10 Å². The van der Waals surface area contributed by atoms with E-state index in [1.54, 1.807) is 0 Å². The number of nitrogens with zero attached hydrogens (tertiary/aromatic N) is 2. The Labute approximate surface area is 177 Å². The predicted molar refractivity (Wildman–Crippen MR) is 123 cm³/mol. The van der Waals surface area contributed by atoms with Gasteiger partial charge in [0.2, 0.25) is 5.43 Å². The zero-order valence-electron chi connectivity index (χ0n) is 18.0. The Morgan fingerprint density at radius 3 is 2.29 bits per heavy atom. The molecule has 1 saturated carbocycles. The Kier molecular flexibility index (Phi) is 6.52. The Morgan fingerprint density at radius 1 is 1.14 bits per heavy atom. The molecule has 1 aliphatic rings. The monoisotopic (exact) mass is 464 g/mol. The fourth-order valence-corrected chi connectivity index (χ4v) is 10.7. The minimum absolute atomic E-state index is 0.0499. The molecule has 2 aromatic rings. The van der Waals surface area contributed by atoms with Crippen LogP contribution in [0.5, 0.6) is 0 Å². The maximum Gasteiger partial charge on any atom is 0.211 e. The quantitative estimate of drug-likeness (QED) is 0.434. The number of benzene rings is 1. The third kappa shape index (κ3) is 4.01. The third-order valence-corrected chi connectivity index (χ3v) is 12.8. The third-order valence-electron chi connectivity index (χ3n) is 6.23. The van der Waals surface area contributed by atoms with E-state index >= 15 is 0 Å². The highest BCUT2D eigenvalue weighted by atomic mass is 79.9. The minimum atomic E-state index is -1.93. The maximum atomic E-state index is 13.1. The van der Waals surface area contributed by atoms with E-state index in [0.29, 0.717) is 41.4 Å². The summed E-state index contributed by atoms with van der Waals surface area (Å²) in [6.07, 6.45) is 2.85. The van der Waals surface area contributed by atoms with E-state index in [1.165, 1.54) is 0 Å². The summed E-state index contributed by atoms with van der Waals surface area (Å²) in [7, 11) is -1.93. The maximum absolute atomic E-state index is 13.1. The average Bonchev–Trinajstić information content (AvgIpc) is 3.44. The molecule has 0 saturated heterocycles. The molecule has 6 heteroatoms. The van der Waals surface area contributed by atoms with Crippen LogP contribution in [0.25, 0.3) is 10.9 Å². The van der Waals surface area contributed by atoms with Crippen molar-refractivity contribution < 1.29 is 4.43 Å². The Balaban J connectivity index is 1.90. The van der Waals surface area contributed by atoms with Gasteiger partial charge in [-0.25, -0.2) is 0 Å². The van der Waals surface area contributed by atoms with Crippen molar-refractivity contribution >= 4 is 35.2 Å². The number of hydrogen-bond donors (Lipinski definition) is 0. The van der Waals surface area contributed by atoms with Crippen LogP contribution in [0.15, 0.2) is 27.5 Å². The summed E-state index contributed by atoms with van der Waals surface area (Å²) in [5.41, 5.74) is 3.24. The minimum Gasteiger partial charge on any atom is -0.416 e. The van der Waals surface area contributed by atoms with Crippen LogP contribution in [0.3, 0.4) is 0 Å². The molecule has 0 unspecified atom stereocenters. The summed E-state index contributed by atoms with van der Waals surface area (Å²) >= 11 is 3.52. The van der Waals surface area contributed by atoms with Gasteiger partial charge in [0, 0.05) is 22.9 Å². The molecule has 1 aromatic carbocycles. The van der Waals surface area contributed by atoms with Gasteiger partial charge < -0.3 is 4.43 Å². The van der Waals surface area contributed by atoms with Gasteiger partial charge in [-0.05, 0) is 47.7 Å². The zero-order valence-corrected chi connectivity index (χ0v) is 20.5. The first-order valence-electron chi connectivity index (χ1n) is 10.5. The topological polar surface area (TPSA) is 44.1 Å². The molecule has 4 nitrogen and oxygen atoms in total. The van der Waals surface area contributed by atoms with Gasteiger partial charge in [0.15, 0.2) is 8.32 Å². The lowest BCUT2D eigenvalue weighted by atomic mass is 10.1. The lowest BCUT2D eigenvalue weighted by molar-refractivity contribution is 0.279. The van der Waals surface area contributed by atoms with Gasteiger partial charge in [-0.3, -0.25) is 9.48 Å². The number of halogens is 1. The summed E-state index contributed by atoms with van der Waals surface area (Å²) in [5, 5.41) is 5.54. The second-order valence-electron chi connectivity index (χ2n) is 9.03. The molecule has 0 spiro atoms. The van der Waals surface area contributed by atoms with Crippen LogP contribution in [0.4, 0.5) is 0 Å². The number of rotatable bonds is 8. The van der Waals surface area contributed by atoms with E-state index in [4.69, 9.17) is 9.52 Å². The van der Waals surface area contributed by atoms with Crippen molar-refractivity contribution in [2.24, 2.45) is 0 Å². The molecule has 0 aliphatic heterocycles. The zero-order chi connectivity index (χ0) is 20.6. The molecule has 1 aliphatic carbocycles. The van der Waals surface area contributed by atoms with Gasteiger partial charge >= 0.3 is 0 Å². The van der Waals surface area contributed by atoms with Crippen LogP contribution < -0.4 is 5.43 Å². The van der Waals surface area contributed by atoms with E-state index < -0.39 is 8.32 Å². The van der Waals surface area contributed by atoms with Crippen molar-refractivity contribution in [3.63, 3.8) is 0 Å². The SMILES string of the molecule is CC(C)[Si](OCCc1nn(C2CC2)c2cc(Br)ccc2c1=O)(C(C)C)C(C)C. The molecule has 1 aromatic heterocycles. The smallest absolute Gasteiger partial charge is 0.211 e. The molecule has 1 fully saturated rings. The van der Waals surface area contributed by atoms with Crippen molar-refractivity contribution in [3.8, 4) is 0 Å². The van der Waals surface area contributed by atoms with E-state index in [-0.39, 0.29) is 5.43 Å². The van der Waals surface area contributed by atoms with Crippen LogP contribution in [0.1, 0.15) is 66.1 Å². The van der Waals surface area contributed by atoms with Crippen molar-refractivity contribution in [2.45, 2.75) is 83.5 Å². The first-order chi connectivity index (χ1) is 13.2. The molecule has 3 rings (SSSR count). The van der Waals surface area contributed by atoms with Crippen molar-refractivity contribution in [1.82, 2.24) is 9.78 Å². The predicted octanol–water partition coefficient (Wildman–Crippen LogP) is 6.23. The lowest BCUT2D eigenvalue weighted by Gasteiger charge is -2.42. The first-order valence-corrected chi connectivity index (χ1v) is 13.5. The van der Waals surface area contributed by atoms with E-state index in [1.807, 2.05) is 18.2 Å². The molecular formula is C22H33BrN2O2Si. The second-order valence-corrected chi connectivity index (χ2v) is 15.4. The number of aromatic nitrogens is 2. The Morgan fingerprint density at radius 2 is 1.75 bits per heavy atom. The van der Waals surface area contributed by atoms with Crippen LogP contribution in [-0.4, -0.2) is 24.7 Å². The van der Waals surface area contributed by atoms with Crippen LogP contribution in [0.2, 0.25) is 16.6 Å². The van der Waals surface area contributed by atoms with Gasteiger partial charge in [0.1, 0.15) is 5.69 Å². The fraction of sp³-hybridized carbons (Fsp3) is 0.636. The molecular weight excluding hydrogens is 432 g/mol. The van der Waals surface area contributed by atoms with E-state index in [0.717, 1.165) is 28.2 Å². The highest BCUT2D eigenvalue weighted by Gasteiger charge is 2.44. The summed E-state index contributed by atoms with van der Waals surface area (Å²) in [6, 6.07) is 6.29. The van der Waals surface area contributed by atoms with E-state index in [2.05, 4.69) is 62.2 Å². The number of hydrogen-bond acceptors (Lipinski definition) is 3. The van der Waals surface area contributed by atoms with E-state index in [9.17, 15) is 4.79 Å². The second kappa shape index (κ2) is 8.40. The molecule has 28 heavy (non-hydrogen) atoms. The standard InChI is InChI=1S/C22H33BrN2O2Si/c1-14(2)28(15(3)4,16(5)6)27-12-11-20-22(26)19-10-7-17(23)13-21(19)25(24-20)18-8-9-18/h7,10,13-16,18H,8-9,11-12H2,1-6H3. The van der Waals surface area contributed by atoms with Gasteiger partial charge in [0.25, 0.3) is 0 Å². The lowest BCUT2D eigenvalue weighted by Crippen LogP contribution is -2.48. The molecule has 0 bridgehead atoms. The molecule has 0 radical (unpaired) electrons. The first kappa shape index (κ1) is 21.7. The van der Waals surface area contributed by atoms with Crippen LogP contribution >= 0.6 is 15.9 Å². The normalized spacial score (nSPS) is 15.4. The molecule has 0 atom stereocenters. The van der Waals surface area contributed by atoms with Gasteiger partial charge in [-0.1, -0.05) is 57.5 Å². The number of fused-ring (bicyclic) bond motifs is 1. The molecule has 0 amide bonds.